The van der Waals surface area contributed by atoms with Gasteiger partial charge in [0.05, 0.1) is 18.6 Å². The van der Waals surface area contributed by atoms with Gasteiger partial charge in [0.1, 0.15) is 6.10 Å². The van der Waals surface area contributed by atoms with Crippen LogP contribution in [0.15, 0.2) is 12.3 Å². The molecule has 0 bridgehead atoms. The molecule has 1 fully saturated rings. The molecular weight excluding hydrogens is 438 g/mol. The van der Waals surface area contributed by atoms with Gasteiger partial charge < -0.3 is 18.9 Å². The SMILES string of the molecule is [2H]CC1OC(N2C=CC(=O)CC2=O)C(F)C1OP(OC(C)CC#C)N(C(C)C)C(C)C.[3H]OC. The largest absolute Gasteiger partial charge is 0.400 e. The van der Waals surface area contributed by atoms with Gasteiger partial charge in [0.25, 0.3) is 8.53 Å². The Labute approximate surface area is 194 Å². The Bertz CT molecular complexity index is 731. The van der Waals surface area contributed by atoms with Crippen molar-refractivity contribution in [1.82, 2.24) is 9.57 Å². The number of carbonyl (C=O) groups is 2. The molecule has 0 aliphatic carbocycles. The summed E-state index contributed by atoms with van der Waals surface area (Å²) in [6.45, 7) is 9.54. The first kappa shape index (κ1) is 25.2. The van der Waals surface area contributed by atoms with Crippen molar-refractivity contribution in [2.45, 2.75) is 97.2 Å². The molecule has 8 nitrogen and oxygen atoms in total. The second kappa shape index (κ2) is 13.3. The molecule has 0 aromatic carbocycles. The van der Waals surface area contributed by atoms with Crippen LogP contribution in [0.5, 0.6) is 0 Å². The molecule has 1 amide bonds. The lowest BCUT2D eigenvalue weighted by atomic mass is 10.1. The molecule has 2 rings (SSSR count). The maximum Gasteiger partial charge on any atom is 0.259 e. The number of aliphatic hydroxyl groups excluding tert-OH is 1. The summed E-state index contributed by atoms with van der Waals surface area (Å²) in [7, 11) is -0.428. The Morgan fingerprint density at radius 1 is 1.47 bits per heavy atom. The number of alkyl halides is 1. The van der Waals surface area contributed by atoms with Gasteiger partial charge in [-0.25, -0.2) is 9.06 Å². The van der Waals surface area contributed by atoms with Gasteiger partial charge in [-0.2, -0.15) is 0 Å². The van der Waals surface area contributed by atoms with E-state index in [1.54, 1.807) is 0 Å². The second-order valence-electron chi connectivity index (χ2n) is 7.97. The van der Waals surface area contributed by atoms with Crippen LogP contribution in [-0.4, -0.2) is 77.7 Å². The Morgan fingerprint density at radius 2 is 2.09 bits per heavy atom. The topological polar surface area (TPSA) is 88.5 Å². The summed E-state index contributed by atoms with van der Waals surface area (Å²) in [6.07, 6.45) is 2.61. The van der Waals surface area contributed by atoms with E-state index < -0.39 is 39.0 Å². The van der Waals surface area contributed by atoms with Crippen molar-refractivity contribution in [3.05, 3.63) is 12.3 Å². The molecule has 0 spiro atoms. The lowest BCUT2D eigenvalue weighted by molar-refractivity contribution is -0.145. The van der Waals surface area contributed by atoms with Crippen LogP contribution in [0.25, 0.3) is 0 Å². The average molecular weight is 478 g/mol. The van der Waals surface area contributed by atoms with E-state index in [9.17, 15) is 9.59 Å². The molecule has 6 atom stereocenters. The molecule has 6 unspecified atom stereocenters. The summed E-state index contributed by atoms with van der Waals surface area (Å²) < 4.78 is 49.0. The van der Waals surface area contributed by atoms with Crippen LogP contribution in [0, 0.1) is 12.3 Å². The number of terminal acetylenes is 1. The number of hydrogen-bond acceptors (Lipinski definition) is 7. The predicted molar refractivity (Wildman–Crippen MR) is 121 cm³/mol. The van der Waals surface area contributed by atoms with Gasteiger partial charge in [0.15, 0.2) is 18.2 Å². The zero-order valence-electron chi connectivity index (χ0n) is 21.6. The van der Waals surface area contributed by atoms with E-state index in [4.69, 9.17) is 23.0 Å². The molecule has 0 aromatic rings. The van der Waals surface area contributed by atoms with Gasteiger partial charge in [0, 0.05) is 33.2 Å². The highest BCUT2D eigenvalue weighted by Crippen LogP contribution is 2.50. The van der Waals surface area contributed by atoms with Gasteiger partial charge in [-0.1, -0.05) is 0 Å². The Hall–Kier alpha value is -1.40. The summed E-state index contributed by atoms with van der Waals surface area (Å²) in [5, 5.41) is 3.50. The van der Waals surface area contributed by atoms with E-state index in [-0.39, 0.29) is 37.3 Å². The molecular formula is C22H36FN2O6P. The van der Waals surface area contributed by atoms with Gasteiger partial charge in [-0.3, -0.25) is 14.5 Å². The van der Waals surface area contributed by atoms with Crippen molar-refractivity contribution in [3.63, 3.8) is 0 Å². The summed E-state index contributed by atoms with van der Waals surface area (Å²) >= 11 is 0. The summed E-state index contributed by atoms with van der Waals surface area (Å²) in [5.41, 5.74) is 0. The number of ketones is 1. The van der Waals surface area contributed by atoms with Crippen LogP contribution in [0.4, 0.5) is 4.39 Å². The highest BCUT2D eigenvalue weighted by Gasteiger charge is 2.50. The van der Waals surface area contributed by atoms with E-state index in [0.717, 1.165) is 4.90 Å². The number of aliphatic hydroxyl groups is 1. The number of nitrogens with zero attached hydrogens (tertiary/aromatic N) is 2. The summed E-state index contributed by atoms with van der Waals surface area (Å²) in [4.78, 5) is 24.8. The fourth-order valence-corrected chi connectivity index (χ4v) is 5.25. The smallest absolute Gasteiger partial charge is 0.259 e. The minimum atomic E-state index is -1.72. The zero-order valence-corrected chi connectivity index (χ0v) is 20.5. The molecule has 0 radical (unpaired) electrons. The van der Waals surface area contributed by atoms with Gasteiger partial charge in [0.2, 0.25) is 7.34 Å². The first-order valence-electron chi connectivity index (χ1n) is 11.6. The third-order valence-corrected chi connectivity index (χ3v) is 6.97. The fourth-order valence-electron chi connectivity index (χ4n) is 3.38. The Kier molecular flexibility index (Phi) is 10.5. The van der Waals surface area contributed by atoms with Crippen LogP contribution < -0.4 is 0 Å². The summed E-state index contributed by atoms with van der Waals surface area (Å²) in [6, 6.07) is 0.0970. The second-order valence-corrected chi connectivity index (χ2v) is 9.33. The van der Waals surface area contributed by atoms with Crippen LogP contribution in [0.3, 0.4) is 0 Å². The number of hydrogen-bond donors (Lipinski definition) is 1. The first-order valence-corrected chi connectivity index (χ1v) is 11.6. The third kappa shape index (κ3) is 7.31. The standard InChI is InChI=1S/C21H32FN2O5P.CH4O/c1-8-9-15(6)28-30(24(13(2)3)14(4)5)29-20-16(7)27-21(19(20)22)23-11-10-17(25)12-18(23)26;1-2/h1,10-11,13-16,19-21H,9,12H2,2-7H3;2H,1H3/i7D;2T. The Balaban J connectivity index is 0.00000182. The zero-order chi connectivity index (χ0) is 26.0. The van der Waals surface area contributed by atoms with Crippen molar-refractivity contribution in [1.29, 1.82) is 1.43 Å². The fraction of sp³-hybridized carbons (Fsp3) is 0.727. The highest BCUT2D eigenvalue weighted by atomic mass is 31.2. The number of ether oxygens (including phenoxy) is 1. The van der Waals surface area contributed by atoms with E-state index in [1.807, 2.05) is 39.3 Å². The molecule has 1 saturated heterocycles. The number of carbonyl (C=O) groups excluding carboxylic acids is 2. The highest BCUT2D eigenvalue weighted by molar-refractivity contribution is 7.44. The van der Waals surface area contributed by atoms with Crippen LogP contribution in [0.1, 0.15) is 55.7 Å². The molecule has 2 aliphatic rings. The van der Waals surface area contributed by atoms with Crippen molar-refractivity contribution < 1.29 is 34.2 Å². The predicted octanol–water partition coefficient (Wildman–Crippen LogP) is 3.15. The number of allylic oxidation sites excluding steroid dienone is 1. The van der Waals surface area contributed by atoms with Gasteiger partial charge in [-0.05, 0) is 47.6 Å². The van der Waals surface area contributed by atoms with Crippen molar-refractivity contribution >= 4 is 20.2 Å². The molecule has 1 N–H and O–H groups in total. The van der Waals surface area contributed by atoms with Gasteiger partial charge >= 0.3 is 0 Å². The van der Waals surface area contributed by atoms with Crippen molar-refractivity contribution in [2.24, 2.45) is 0 Å². The molecule has 0 aromatic heterocycles. The monoisotopic (exact) mass is 477 g/mol. The van der Waals surface area contributed by atoms with Gasteiger partial charge in [-0.15, -0.1) is 12.3 Å². The molecule has 10 heteroatoms. The maximum absolute atomic E-state index is 15.5. The minimum Gasteiger partial charge on any atom is -0.400 e. The van der Waals surface area contributed by atoms with E-state index in [1.165, 1.54) is 19.4 Å². The Morgan fingerprint density at radius 3 is 2.59 bits per heavy atom. The van der Waals surface area contributed by atoms with E-state index >= 15 is 4.39 Å². The molecule has 32 heavy (non-hydrogen) atoms. The lowest BCUT2D eigenvalue weighted by Crippen LogP contribution is -2.45. The van der Waals surface area contributed by atoms with E-state index in [0.29, 0.717) is 6.42 Å². The van der Waals surface area contributed by atoms with Crippen LogP contribution >= 0.6 is 8.53 Å². The molecule has 0 saturated carbocycles. The minimum absolute atomic E-state index is 0.0485. The normalized spacial score (nSPS) is 28.3. The number of halogens is 1. The number of rotatable bonds is 9. The lowest BCUT2D eigenvalue weighted by Gasteiger charge is -2.38. The third-order valence-electron chi connectivity index (χ3n) is 4.71. The van der Waals surface area contributed by atoms with Crippen LogP contribution in [-0.2, 0) is 23.4 Å². The molecule has 2 aliphatic heterocycles. The van der Waals surface area contributed by atoms with Crippen molar-refractivity contribution in [3.8, 4) is 12.3 Å². The molecule has 182 valence electrons. The molecule has 2 heterocycles. The van der Waals surface area contributed by atoms with E-state index in [2.05, 4.69) is 11.0 Å². The first-order chi connectivity index (χ1) is 16.0. The quantitative estimate of drug-likeness (QED) is 0.310. The average Bonchev–Trinajstić information content (AvgIpc) is 3.03. The van der Waals surface area contributed by atoms with Crippen molar-refractivity contribution in [2.75, 3.05) is 7.11 Å². The summed E-state index contributed by atoms with van der Waals surface area (Å²) in [5.74, 6) is 1.67. The van der Waals surface area contributed by atoms with Crippen LogP contribution in [0.2, 0.25) is 0 Å². The maximum atomic E-state index is 15.5. The number of amides is 1.